The van der Waals surface area contributed by atoms with E-state index in [0.717, 1.165) is 5.56 Å². The van der Waals surface area contributed by atoms with E-state index >= 15 is 0 Å². The number of halogens is 1. The molecule has 0 aliphatic carbocycles. The van der Waals surface area contributed by atoms with Crippen molar-refractivity contribution in [2.24, 2.45) is 5.92 Å². The van der Waals surface area contributed by atoms with Gasteiger partial charge in [-0.15, -0.1) is 0 Å². The first-order valence-corrected chi connectivity index (χ1v) is 6.58. The molecule has 0 bridgehead atoms. The Bertz CT molecular complexity index is 376. The lowest BCUT2D eigenvalue weighted by molar-refractivity contribution is -0.122. The van der Waals surface area contributed by atoms with E-state index in [1.54, 1.807) is 0 Å². The third-order valence-electron chi connectivity index (χ3n) is 2.77. The van der Waals surface area contributed by atoms with Crippen molar-refractivity contribution in [2.45, 2.75) is 32.7 Å². The van der Waals surface area contributed by atoms with Crippen LogP contribution in [0.1, 0.15) is 38.3 Å². The average Bonchev–Trinajstić information content (AvgIpc) is 2.34. The van der Waals surface area contributed by atoms with Crippen molar-refractivity contribution in [3.63, 3.8) is 0 Å². The summed E-state index contributed by atoms with van der Waals surface area (Å²) in [5, 5.41) is 12.4. The summed E-state index contributed by atoms with van der Waals surface area (Å²) >= 11 is 5.86. The van der Waals surface area contributed by atoms with Crippen LogP contribution in [0.2, 0.25) is 5.02 Å². The topological polar surface area (TPSA) is 49.3 Å². The second-order valence-corrected chi connectivity index (χ2v) is 5.10. The van der Waals surface area contributed by atoms with Crippen LogP contribution in [0.25, 0.3) is 0 Å². The molecule has 0 spiro atoms. The van der Waals surface area contributed by atoms with Crippen LogP contribution >= 0.6 is 11.6 Å². The molecule has 3 nitrogen and oxygen atoms in total. The zero-order valence-corrected chi connectivity index (χ0v) is 11.6. The zero-order chi connectivity index (χ0) is 13.5. The van der Waals surface area contributed by atoms with Gasteiger partial charge in [-0.3, -0.25) is 4.79 Å². The molecule has 0 saturated carbocycles. The first-order valence-electron chi connectivity index (χ1n) is 6.20. The summed E-state index contributed by atoms with van der Waals surface area (Å²) in [6.07, 6.45) is 0.852. The van der Waals surface area contributed by atoms with Crippen molar-refractivity contribution in [3.8, 4) is 0 Å². The quantitative estimate of drug-likeness (QED) is 0.834. The Labute approximate surface area is 113 Å². The molecular weight excluding hydrogens is 250 g/mol. The Morgan fingerprint density at radius 1 is 1.33 bits per heavy atom. The predicted octanol–water partition coefficient (Wildman–Crippen LogP) is 2.93. The molecule has 4 heteroatoms. The molecule has 1 amide bonds. The number of aliphatic hydroxyl groups excluding tert-OH is 1. The molecule has 0 saturated heterocycles. The van der Waals surface area contributed by atoms with Gasteiger partial charge in [-0.25, -0.2) is 0 Å². The number of hydrogen-bond donors (Lipinski definition) is 2. The largest absolute Gasteiger partial charge is 0.396 e. The fourth-order valence-corrected chi connectivity index (χ4v) is 1.92. The first kappa shape index (κ1) is 15.0. The van der Waals surface area contributed by atoms with E-state index in [2.05, 4.69) is 19.2 Å². The minimum absolute atomic E-state index is 0.0199. The van der Waals surface area contributed by atoms with E-state index in [0.29, 0.717) is 23.8 Å². The molecule has 1 aromatic carbocycles. The minimum atomic E-state index is -0.0299. The molecule has 100 valence electrons. The Morgan fingerprint density at radius 3 is 2.44 bits per heavy atom. The van der Waals surface area contributed by atoms with Crippen LogP contribution in [0.15, 0.2) is 24.3 Å². The maximum Gasteiger partial charge on any atom is 0.220 e. The van der Waals surface area contributed by atoms with E-state index in [9.17, 15) is 4.79 Å². The van der Waals surface area contributed by atoms with Crippen LogP contribution in [0.3, 0.4) is 0 Å². The van der Waals surface area contributed by atoms with Crippen LogP contribution < -0.4 is 5.32 Å². The monoisotopic (exact) mass is 269 g/mol. The highest BCUT2D eigenvalue weighted by Crippen LogP contribution is 2.23. The van der Waals surface area contributed by atoms with Gasteiger partial charge in [0, 0.05) is 18.1 Å². The Kier molecular flexibility index (Phi) is 6.16. The molecule has 1 aromatic rings. The molecule has 0 heterocycles. The summed E-state index contributed by atoms with van der Waals surface area (Å²) in [5.41, 5.74) is 1.05. The molecule has 0 aromatic heterocycles. The molecule has 2 N–H and O–H groups in total. The number of nitrogens with one attached hydrogen (secondary N) is 1. The van der Waals surface area contributed by atoms with Crippen LogP contribution in [0.5, 0.6) is 0 Å². The molecule has 0 fully saturated rings. The predicted molar refractivity (Wildman–Crippen MR) is 73.5 cm³/mol. The Balaban J connectivity index is 2.71. The molecule has 18 heavy (non-hydrogen) atoms. The lowest BCUT2D eigenvalue weighted by Gasteiger charge is -2.23. The smallest absolute Gasteiger partial charge is 0.220 e. The summed E-state index contributed by atoms with van der Waals surface area (Å²) in [6, 6.07) is 7.49. The Hall–Kier alpha value is -1.06. The third-order valence-corrected chi connectivity index (χ3v) is 3.03. The number of hydrogen-bond acceptors (Lipinski definition) is 2. The fraction of sp³-hybridized carbons (Fsp3) is 0.500. The van der Waals surface area contributed by atoms with Crippen LogP contribution in [-0.2, 0) is 4.79 Å². The number of carbonyl (C=O) groups excluding carboxylic acids is 1. The van der Waals surface area contributed by atoms with Crippen molar-refractivity contribution >= 4 is 17.5 Å². The molecule has 1 unspecified atom stereocenters. The normalized spacial score (nSPS) is 12.5. The van der Waals surface area contributed by atoms with Gasteiger partial charge in [0.15, 0.2) is 0 Å². The number of aliphatic hydroxyl groups is 1. The fourth-order valence-electron chi connectivity index (χ4n) is 1.79. The lowest BCUT2D eigenvalue weighted by atomic mass is 9.96. The van der Waals surface area contributed by atoms with Crippen molar-refractivity contribution in [1.29, 1.82) is 0 Å². The second kappa shape index (κ2) is 7.39. The van der Waals surface area contributed by atoms with Crippen LogP contribution in [0.4, 0.5) is 0 Å². The van der Waals surface area contributed by atoms with E-state index in [4.69, 9.17) is 16.7 Å². The van der Waals surface area contributed by atoms with Gasteiger partial charge in [0.1, 0.15) is 0 Å². The van der Waals surface area contributed by atoms with Crippen molar-refractivity contribution in [3.05, 3.63) is 34.9 Å². The van der Waals surface area contributed by atoms with Gasteiger partial charge in [-0.2, -0.15) is 0 Å². The number of benzene rings is 1. The maximum absolute atomic E-state index is 11.7. The molecule has 0 radical (unpaired) electrons. The van der Waals surface area contributed by atoms with Gasteiger partial charge in [0.05, 0.1) is 6.04 Å². The van der Waals surface area contributed by atoms with E-state index in [1.807, 2.05) is 24.3 Å². The third kappa shape index (κ3) is 4.67. The molecular formula is C14H20ClNO2. The highest BCUT2D eigenvalue weighted by Gasteiger charge is 2.17. The SMILES string of the molecule is CC(C)C(NC(=O)CCCO)c1ccc(Cl)cc1. The number of amides is 1. The van der Waals surface area contributed by atoms with Gasteiger partial charge in [0.25, 0.3) is 0 Å². The first-order chi connectivity index (χ1) is 8.54. The van der Waals surface area contributed by atoms with E-state index in [-0.39, 0.29) is 18.6 Å². The van der Waals surface area contributed by atoms with Crippen molar-refractivity contribution < 1.29 is 9.90 Å². The summed E-state index contributed by atoms with van der Waals surface area (Å²) < 4.78 is 0. The number of rotatable bonds is 6. The molecule has 0 aliphatic heterocycles. The van der Waals surface area contributed by atoms with Crippen LogP contribution in [-0.4, -0.2) is 17.6 Å². The van der Waals surface area contributed by atoms with Crippen molar-refractivity contribution in [1.82, 2.24) is 5.32 Å². The second-order valence-electron chi connectivity index (χ2n) is 4.67. The Morgan fingerprint density at radius 2 is 1.94 bits per heavy atom. The van der Waals surface area contributed by atoms with Crippen molar-refractivity contribution in [2.75, 3.05) is 6.61 Å². The van der Waals surface area contributed by atoms with Crippen LogP contribution in [0, 0.1) is 5.92 Å². The molecule has 0 aliphatic rings. The maximum atomic E-state index is 11.7. The van der Waals surface area contributed by atoms with Gasteiger partial charge in [-0.1, -0.05) is 37.6 Å². The summed E-state index contributed by atoms with van der Waals surface area (Å²) in [6.45, 7) is 4.16. The van der Waals surface area contributed by atoms with E-state index < -0.39 is 0 Å². The highest BCUT2D eigenvalue weighted by atomic mass is 35.5. The minimum Gasteiger partial charge on any atom is -0.396 e. The summed E-state index contributed by atoms with van der Waals surface area (Å²) in [4.78, 5) is 11.7. The van der Waals surface area contributed by atoms with Gasteiger partial charge in [0.2, 0.25) is 5.91 Å². The van der Waals surface area contributed by atoms with Gasteiger partial charge in [-0.05, 0) is 30.0 Å². The van der Waals surface area contributed by atoms with Gasteiger partial charge < -0.3 is 10.4 Å². The average molecular weight is 270 g/mol. The summed E-state index contributed by atoms with van der Waals surface area (Å²) in [5.74, 6) is 0.266. The number of carbonyl (C=O) groups is 1. The lowest BCUT2D eigenvalue weighted by Crippen LogP contribution is -2.31. The highest BCUT2D eigenvalue weighted by molar-refractivity contribution is 6.30. The molecule has 1 rings (SSSR count). The molecule has 1 atom stereocenters. The summed E-state index contributed by atoms with van der Waals surface area (Å²) in [7, 11) is 0. The van der Waals surface area contributed by atoms with E-state index in [1.165, 1.54) is 0 Å². The zero-order valence-electron chi connectivity index (χ0n) is 10.8. The standard InChI is InChI=1S/C14H20ClNO2/c1-10(2)14(16-13(18)4-3-9-17)11-5-7-12(15)8-6-11/h5-8,10,14,17H,3-4,9H2,1-2H3,(H,16,18). The van der Waals surface area contributed by atoms with Gasteiger partial charge >= 0.3 is 0 Å².